The van der Waals surface area contributed by atoms with E-state index in [0.717, 1.165) is 5.56 Å². The Bertz CT molecular complexity index is 720. The maximum absolute atomic E-state index is 12.7. The second-order valence-corrected chi connectivity index (χ2v) is 9.51. The molecule has 1 aromatic rings. The lowest BCUT2D eigenvalue weighted by atomic mass is 9.90. The summed E-state index contributed by atoms with van der Waals surface area (Å²) in [5.74, 6) is 0.193. The summed E-state index contributed by atoms with van der Waals surface area (Å²) < 4.78 is 24.7. The standard InChI is InChI=1S/C19H30N2O3S/c1-13(2)18(17-7-6-14(3)12-15(17)4)20-19(22)16-8-10-21(11-9-16)25(5,23)24/h6-7,12-13,16,18H,8-11H2,1-5H3,(H,20,22). The number of carbonyl (C=O) groups is 1. The molecule has 1 unspecified atom stereocenters. The van der Waals surface area contributed by atoms with Crippen LogP contribution in [0.25, 0.3) is 0 Å². The average molecular weight is 367 g/mol. The van der Waals surface area contributed by atoms with Crippen LogP contribution in [0.1, 0.15) is 49.4 Å². The topological polar surface area (TPSA) is 66.5 Å². The van der Waals surface area contributed by atoms with Crippen molar-refractivity contribution in [3.8, 4) is 0 Å². The highest BCUT2D eigenvalue weighted by molar-refractivity contribution is 7.88. The normalized spacial score (nSPS) is 18.3. The van der Waals surface area contributed by atoms with E-state index in [4.69, 9.17) is 0 Å². The highest BCUT2D eigenvalue weighted by Gasteiger charge is 2.30. The van der Waals surface area contributed by atoms with Crippen LogP contribution < -0.4 is 5.32 Å². The lowest BCUT2D eigenvalue weighted by molar-refractivity contribution is -0.127. The zero-order valence-corrected chi connectivity index (χ0v) is 16.7. The van der Waals surface area contributed by atoms with E-state index in [1.165, 1.54) is 21.7 Å². The summed E-state index contributed by atoms with van der Waals surface area (Å²) in [6.45, 7) is 9.20. The van der Waals surface area contributed by atoms with E-state index < -0.39 is 10.0 Å². The monoisotopic (exact) mass is 366 g/mol. The minimum Gasteiger partial charge on any atom is -0.349 e. The van der Waals surface area contributed by atoms with E-state index in [-0.39, 0.29) is 23.8 Å². The van der Waals surface area contributed by atoms with E-state index in [0.29, 0.717) is 25.9 Å². The number of benzene rings is 1. The fraction of sp³-hybridized carbons (Fsp3) is 0.632. The van der Waals surface area contributed by atoms with Crippen molar-refractivity contribution in [2.24, 2.45) is 11.8 Å². The van der Waals surface area contributed by atoms with Crippen LogP contribution in [0.4, 0.5) is 0 Å². The Labute approximate surface area is 151 Å². The molecule has 1 atom stereocenters. The number of carbonyl (C=O) groups excluding carboxylic acids is 1. The van der Waals surface area contributed by atoms with Crippen LogP contribution in [0.15, 0.2) is 18.2 Å². The quantitative estimate of drug-likeness (QED) is 0.871. The molecule has 0 bridgehead atoms. The van der Waals surface area contributed by atoms with Crippen LogP contribution in [0.3, 0.4) is 0 Å². The Morgan fingerprint density at radius 3 is 2.28 bits per heavy atom. The van der Waals surface area contributed by atoms with Crippen molar-refractivity contribution >= 4 is 15.9 Å². The maximum atomic E-state index is 12.7. The van der Waals surface area contributed by atoms with E-state index in [9.17, 15) is 13.2 Å². The number of hydrogen-bond donors (Lipinski definition) is 1. The number of aryl methyl sites for hydroxylation is 2. The largest absolute Gasteiger partial charge is 0.349 e. The summed E-state index contributed by atoms with van der Waals surface area (Å²) in [6, 6.07) is 6.29. The molecule has 1 saturated heterocycles. The molecule has 1 fully saturated rings. The molecule has 1 aliphatic heterocycles. The molecule has 1 aliphatic rings. The van der Waals surface area contributed by atoms with Crippen LogP contribution in [0, 0.1) is 25.7 Å². The van der Waals surface area contributed by atoms with Gasteiger partial charge in [0.15, 0.2) is 0 Å². The highest BCUT2D eigenvalue weighted by atomic mass is 32.2. The number of sulfonamides is 1. The van der Waals surface area contributed by atoms with E-state index in [1.807, 2.05) is 0 Å². The first-order valence-electron chi connectivity index (χ1n) is 8.92. The number of rotatable bonds is 5. The molecule has 1 N–H and O–H groups in total. The Kier molecular flexibility index (Phi) is 6.27. The van der Waals surface area contributed by atoms with Gasteiger partial charge in [-0.15, -0.1) is 0 Å². The number of piperidine rings is 1. The summed E-state index contributed by atoms with van der Waals surface area (Å²) in [6.07, 6.45) is 2.38. The van der Waals surface area contributed by atoms with Crippen LogP contribution in [0.2, 0.25) is 0 Å². The Hall–Kier alpha value is -1.40. The van der Waals surface area contributed by atoms with Gasteiger partial charge < -0.3 is 5.32 Å². The summed E-state index contributed by atoms with van der Waals surface area (Å²) >= 11 is 0. The SMILES string of the molecule is Cc1ccc(C(NC(=O)C2CCN(S(C)(=O)=O)CC2)C(C)C)c(C)c1. The second kappa shape index (κ2) is 7.87. The first kappa shape index (κ1) is 19.9. The summed E-state index contributed by atoms with van der Waals surface area (Å²) in [5.41, 5.74) is 3.55. The van der Waals surface area contributed by atoms with E-state index in [2.05, 4.69) is 51.2 Å². The fourth-order valence-corrected chi connectivity index (χ4v) is 4.37. The number of amides is 1. The van der Waals surface area contributed by atoms with Crippen molar-refractivity contribution in [2.45, 2.75) is 46.6 Å². The lowest BCUT2D eigenvalue weighted by Crippen LogP contribution is -2.44. The molecular weight excluding hydrogens is 336 g/mol. The molecular formula is C19H30N2O3S. The minimum absolute atomic E-state index is 0.0268. The van der Waals surface area contributed by atoms with Gasteiger partial charge in [0.2, 0.25) is 15.9 Å². The van der Waals surface area contributed by atoms with Crippen LogP contribution in [0.5, 0.6) is 0 Å². The predicted octanol–water partition coefficient (Wildman–Crippen LogP) is 2.79. The van der Waals surface area contributed by atoms with Crippen LogP contribution in [-0.4, -0.2) is 38.0 Å². The Morgan fingerprint density at radius 1 is 1.20 bits per heavy atom. The minimum atomic E-state index is -3.16. The number of nitrogens with one attached hydrogen (secondary N) is 1. The Balaban J connectivity index is 2.07. The van der Waals surface area contributed by atoms with Gasteiger partial charge in [0.25, 0.3) is 0 Å². The first-order chi connectivity index (χ1) is 11.6. The first-order valence-corrected chi connectivity index (χ1v) is 10.8. The smallest absolute Gasteiger partial charge is 0.223 e. The molecule has 1 aromatic carbocycles. The molecule has 0 saturated carbocycles. The molecule has 2 rings (SSSR count). The summed E-state index contributed by atoms with van der Waals surface area (Å²) in [4.78, 5) is 12.7. The van der Waals surface area contributed by atoms with E-state index >= 15 is 0 Å². The van der Waals surface area contributed by atoms with E-state index in [1.54, 1.807) is 0 Å². The van der Waals surface area contributed by atoms with Gasteiger partial charge in [-0.1, -0.05) is 37.6 Å². The molecule has 0 radical (unpaired) electrons. The van der Waals surface area contributed by atoms with Gasteiger partial charge >= 0.3 is 0 Å². The third-order valence-corrected chi connectivity index (χ3v) is 6.32. The van der Waals surface area contributed by atoms with Crippen molar-refractivity contribution in [3.05, 3.63) is 34.9 Å². The summed E-state index contributed by atoms with van der Waals surface area (Å²) in [7, 11) is -3.16. The lowest BCUT2D eigenvalue weighted by Gasteiger charge is -2.32. The van der Waals surface area contributed by atoms with Crippen molar-refractivity contribution in [1.29, 1.82) is 0 Å². The van der Waals surface area contributed by atoms with Gasteiger partial charge in [0.05, 0.1) is 12.3 Å². The second-order valence-electron chi connectivity index (χ2n) is 7.53. The van der Waals surface area contributed by atoms with Gasteiger partial charge in [-0.25, -0.2) is 12.7 Å². The van der Waals surface area contributed by atoms with Gasteiger partial charge in [-0.3, -0.25) is 4.79 Å². The molecule has 25 heavy (non-hydrogen) atoms. The average Bonchev–Trinajstić information content (AvgIpc) is 2.52. The van der Waals surface area contributed by atoms with Crippen LogP contribution in [-0.2, 0) is 14.8 Å². The highest BCUT2D eigenvalue weighted by Crippen LogP contribution is 2.27. The molecule has 0 aliphatic carbocycles. The zero-order valence-electron chi connectivity index (χ0n) is 15.9. The third kappa shape index (κ3) is 5.05. The molecule has 0 aromatic heterocycles. The van der Waals surface area contributed by atoms with Gasteiger partial charge in [-0.05, 0) is 43.7 Å². The van der Waals surface area contributed by atoms with Gasteiger partial charge in [0, 0.05) is 19.0 Å². The Morgan fingerprint density at radius 2 is 1.80 bits per heavy atom. The van der Waals surface area contributed by atoms with Gasteiger partial charge in [-0.2, -0.15) is 0 Å². The van der Waals surface area contributed by atoms with Crippen molar-refractivity contribution in [2.75, 3.05) is 19.3 Å². The van der Waals surface area contributed by atoms with Crippen molar-refractivity contribution < 1.29 is 13.2 Å². The number of hydrogen-bond acceptors (Lipinski definition) is 3. The maximum Gasteiger partial charge on any atom is 0.223 e. The molecule has 0 spiro atoms. The molecule has 1 amide bonds. The van der Waals surface area contributed by atoms with Gasteiger partial charge in [0.1, 0.15) is 0 Å². The van der Waals surface area contributed by atoms with Crippen molar-refractivity contribution in [3.63, 3.8) is 0 Å². The molecule has 140 valence electrons. The van der Waals surface area contributed by atoms with Crippen molar-refractivity contribution in [1.82, 2.24) is 9.62 Å². The summed E-state index contributed by atoms with van der Waals surface area (Å²) in [5, 5.41) is 3.21. The molecule has 5 nitrogen and oxygen atoms in total. The fourth-order valence-electron chi connectivity index (χ4n) is 3.50. The number of nitrogens with zero attached hydrogens (tertiary/aromatic N) is 1. The molecule has 6 heteroatoms. The third-order valence-electron chi connectivity index (χ3n) is 5.02. The van der Waals surface area contributed by atoms with Crippen LogP contribution >= 0.6 is 0 Å². The zero-order chi connectivity index (χ0) is 18.8. The predicted molar refractivity (Wildman–Crippen MR) is 101 cm³/mol. The molecule has 1 heterocycles.